The Balaban J connectivity index is 2.29. The third-order valence-corrected chi connectivity index (χ3v) is 2.79. The highest BCUT2D eigenvalue weighted by molar-refractivity contribution is 5.93. The second kappa shape index (κ2) is 6.18. The second-order valence-electron chi connectivity index (χ2n) is 4.74. The summed E-state index contributed by atoms with van der Waals surface area (Å²) in [5.74, 6) is 0.743. The average Bonchev–Trinajstić information content (AvgIpc) is 2.86. The molecule has 6 nitrogen and oxygen atoms in total. The van der Waals surface area contributed by atoms with Gasteiger partial charge in [0.25, 0.3) is 0 Å². The molecule has 0 spiro atoms. The highest BCUT2D eigenvalue weighted by Gasteiger charge is 2.13. The second-order valence-corrected chi connectivity index (χ2v) is 4.74. The Bertz CT molecular complexity index is 591. The summed E-state index contributed by atoms with van der Waals surface area (Å²) in [6, 6.07) is 7.42. The molecule has 0 unspecified atom stereocenters. The number of hydrogen-bond donors (Lipinski definition) is 2. The number of aryl methyl sites for hydroxylation is 1. The van der Waals surface area contributed by atoms with Crippen LogP contribution in [0.3, 0.4) is 0 Å². The number of amides is 2. The van der Waals surface area contributed by atoms with E-state index in [-0.39, 0.29) is 12.1 Å². The number of aromatic nitrogens is 3. The molecule has 0 atom stereocenters. The SMILES string of the molecule is CCn1cnnc1-c1ccccc1NC(=O)NC(C)C. The van der Waals surface area contributed by atoms with E-state index in [4.69, 9.17) is 0 Å². The molecular weight excluding hydrogens is 254 g/mol. The first-order chi connectivity index (χ1) is 9.61. The largest absolute Gasteiger partial charge is 0.336 e. The molecule has 1 aromatic heterocycles. The Labute approximate surface area is 118 Å². The average molecular weight is 273 g/mol. The van der Waals surface area contributed by atoms with E-state index < -0.39 is 0 Å². The predicted molar refractivity (Wildman–Crippen MR) is 78.4 cm³/mol. The zero-order chi connectivity index (χ0) is 14.5. The lowest BCUT2D eigenvalue weighted by atomic mass is 10.1. The Morgan fingerprint density at radius 3 is 2.80 bits per heavy atom. The van der Waals surface area contributed by atoms with E-state index in [2.05, 4.69) is 20.8 Å². The molecule has 6 heteroatoms. The van der Waals surface area contributed by atoms with Crippen LogP contribution in [0.25, 0.3) is 11.4 Å². The van der Waals surface area contributed by atoms with Crippen LogP contribution in [-0.2, 0) is 6.54 Å². The molecule has 0 fully saturated rings. The fourth-order valence-corrected chi connectivity index (χ4v) is 1.90. The Morgan fingerprint density at radius 2 is 2.10 bits per heavy atom. The summed E-state index contributed by atoms with van der Waals surface area (Å²) in [6.07, 6.45) is 1.68. The zero-order valence-electron chi connectivity index (χ0n) is 11.9. The number of anilines is 1. The van der Waals surface area contributed by atoms with Crippen LogP contribution in [0.5, 0.6) is 0 Å². The van der Waals surface area contributed by atoms with Crippen molar-refractivity contribution >= 4 is 11.7 Å². The summed E-state index contributed by atoms with van der Waals surface area (Å²) in [5.41, 5.74) is 1.57. The number of carbonyl (C=O) groups excluding carboxylic acids is 1. The molecular formula is C14H19N5O. The van der Waals surface area contributed by atoms with E-state index in [0.29, 0.717) is 5.69 Å². The molecule has 0 aliphatic rings. The molecule has 0 aliphatic carbocycles. The van der Waals surface area contributed by atoms with Crippen LogP contribution >= 0.6 is 0 Å². The van der Waals surface area contributed by atoms with Gasteiger partial charge in [-0.25, -0.2) is 4.79 Å². The maximum Gasteiger partial charge on any atom is 0.319 e. The topological polar surface area (TPSA) is 71.8 Å². The number of carbonyl (C=O) groups is 1. The maximum atomic E-state index is 11.8. The van der Waals surface area contributed by atoms with Crippen LogP contribution in [0.2, 0.25) is 0 Å². The molecule has 20 heavy (non-hydrogen) atoms. The Kier molecular flexibility index (Phi) is 4.34. The van der Waals surface area contributed by atoms with Crippen molar-refractivity contribution in [1.29, 1.82) is 0 Å². The van der Waals surface area contributed by atoms with Crippen molar-refractivity contribution in [2.24, 2.45) is 0 Å². The van der Waals surface area contributed by atoms with Crippen molar-refractivity contribution in [1.82, 2.24) is 20.1 Å². The first-order valence-corrected chi connectivity index (χ1v) is 6.66. The molecule has 0 aliphatic heterocycles. The first-order valence-electron chi connectivity index (χ1n) is 6.66. The van der Waals surface area contributed by atoms with Gasteiger partial charge in [0.05, 0.1) is 5.69 Å². The first kappa shape index (κ1) is 14.0. The van der Waals surface area contributed by atoms with Crippen molar-refractivity contribution in [3.63, 3.8) is 0 Å². The number of para-hydroxylation sites is 1. The number of hydrogen-bond acceptors (Lipinski definition) is 3. The standard InChI is InChI=1S/C14H19N5O/c1-4-19-9-15-18-13(19)11-7-5-6-8-12(11)17-14(20)16-10(2)3/h5-10H,4H2,1-3H3,(H2,16,17,20). The minimum absolute atomic E-state index is 0.0847. The summed E-state index contributed by atoms with van der Waals surface area (Å²) in [5, 5.41) is 13.7. The van der Waals surface area contributed by atoms with E-state index in [9.17, 15) is 4.79 Å². The smallest absolute Gasteiger partial charge is 0.319 e. The zero-order valence-corrected chi connectivity index (χ0v) is 11.9. The van der Waals surface area contributed by atoms with Gasteiger partial charge in [-0.05, 0) is 32.9 Å². The normalized spacial score (nSPS) is 10.6. The number of benzene rings is 1. The minimum Gasteiger partial charge on any atom is -0.336 e. The summed E-state index contributed by atoms with van der Waals surface area (Å²) in [4.78, 5) is 11.8. The number of nitrogens with one attached hydrogen (secondary N) is 2. The highest BCUT2D eigenvalue weighted by Crippen LogP contribution is 2.25. The van der Waals surface area contributed by atoms with Gasteiger partial charge in [-0.15, -0.1) is 10.2 Å². The van der Waals surface area contributed by atoms with Gasteiger partial charge in [-0.1, -0.05) is 12.1 Å². The number of nitrogens with zero attached hydrogens (tertiary/aromatic N) is 3. The third-order valence-electron chi connectivity index (χ3n) is 2.79. The molecule has 1 aromatic carbocycles. The van der Waals surface area contributed by atoms with Crippen LogP contribution in [0, 0.1) is 0 Å². The van der Waals surface area contributed by atoms with Gasteiger partial charge < -0.3 is 15.2 Å². The van der Waals surface area contributed by atoms with Gasteiger partial charge in [0.1, 0.15) is 6.33 Å². The van der Waals surface area contributed by atoms with E-state index >= 15 is 0 Å². The highest BCUT2D eigenvalue weighted by atomic mass is 16.2. The molecule has 0 radical (unpaired) electrons. The molecule has 0 saturated heterocycles. The van der Waals surface area contributed by atoms with Crippen LogP contribution in [0.15, 0.2) is 30.6 Å². The van der Waals surface area contributed by atoms with Crippen LogP contribution in [-0.4, -0.2) is 26.8 Å². The molecule has 2 aromatic rings. The monoisotopic (exact) mass is 273 g/mol. The molecule has 1 heterocycles. The van der Waals surface area contributed by atoms with Gasteiger partial charge in [0.2, 0.25) is 0 Å². The van der Waals surface area contributed by atoms with Crippen LogP contribution in [0.1, 0.15) is 20.8 Å². The van der Waals surface area contributed by atoms with E-state index in [0.717, 1.165) is 17.9 Å². The minimum atomic E-state index is -0.227. The Morgan fingerprint density at radius 1 is 1.35 bits per heavy atom. The molecule has 2 amide bonds. The van der Waals surface area contributed by atoms with Gasteiger partial charge in [-0.3, -0.25) is 0 Å². The molecule has 106 valence electrons. The summed E-state index contributed by atoms with van der Waals surface area (Å²) < 4.78 is 1.93. The van der Waals surface area contributed by atoms with Crippen molar-refractivity contribution in [3.8, 4) is 11.4 Å². The number of rotatable bonds is 4. The lowest BCUT2D eigenvalue weighted by Gasteiger charge is -2.13. The summed E-state index contributed by atoms with van der Waals surface area (Å²) >= 11 is 0. The van der Waals surface area contributed by atoms with Crippen molar-refractivity contribution in [2.45, 2.75) is 33.4 Å². The quantitative estimate of drug-likeness (QED) is 0.899. The van der Waals surface area contributed by atoms with Gasteiger partial charge in [0.15, 0.2) is 5.82 Å². The summed E-state index contributed by atoms with van der Waals surface area (Å²) in [7, 11) is 0. The molecule has 0 bridgehead atoms. The third kappa shape index (κ3) is 3.14. The van der Waals surface area contributed by atoms with Gasteiger partial charge in [0, 0.05) is 18.2 Å². The van der Waals surface area contributed by atoms with Gasteiger partial charge in [-0.2, -0.15) is 0 Å². The van der Waals surface area contributed by atoms with Gasteiger partial charge >= 0.3 is 6.03 Å². The lowest BCUT2D eigenvalue weighted by molar-refractivity contribution is 0.250. The van der Waals surface area contributed by atoms with Crippen molar-refractivity contribution in [3.05, 3.63) is 30.6 Å². The van der Waals surface area contributed by atoms with Crippen molar-refractivity contribution in [2.75, 3.05) is 5.32 Å². The van der Waals surface area contributed by atoms with E-state index in [1.165, 1.54) is 0 Å². The maximum absolute atomic E-state index is 11.8. The lowest BCUT2D eigenvalue weighted by Crippen LogP contribution is -2.34. The predicted octanol–water partition coefficient (Wildman–Crippen LogP) is 2.49. The summed E-state index contributed by atoms with van der Waals surface area (Å²) in [6.45, 7) is 6.63. The van der Waals surface area contributed by atoms with E-state index in [1.807, 2.05) is 49.6 Å². The van der Waals surface area contributed by atoms with E-state index in [1.54, 1.807) is 6.33 Å². The van der Waals surface area contributed by atoms with Crippen LogP contribution < -0.4 is 10.6 Å². The fourth-order valence-electron chi connectivity index (χ4n) is 1.90. The Hall–Kier alpha value is -2.37. The van der Waals surface area contributed by atoms with Crippen LogP contribution in [0.4, 0.5) is 10.5 Å². The molecule has 2 N–H and O–H groups in total. The molecule has 2 rings (SSSR count). The van der Waals surface area contributed by atoms with Crippen molar-refractivity contribution < 1.29 is 4.79 Å². The fraction of sp³-hybridized carbons (Fsp3) is 0.357. The number of urea groups is 1. The molecule has 0 saturated carbocycles.